The molecule has 1 aliphatic carbocycles. The molecule has 2 aromatic heterocycles. The van der Waals surface area contributed by atoms with Crippen molar-refractivity contribution >= 4 is 50.4 Å². The van der Waals surface area contributed by atoms with Crippen LogP contribution in [0.4, 0.5) is 5.69 Å². The van der Waals surface area contributed by atoms with Crippen molar-refractivity contribution in [3.8, 4) is 0 Å². The number of esters is 1. The second-order valence-corrected chi connectivity index (χ2v) is 13.8. The highest BCUT2D eigenvalue weighted by molar-refractivity contribution is 9.09. The number of para-hydroxylation sites is 1. The largest absolute Gasteiger partial charge is 0.466 e. The van der Waals surface area contributed by atoms with E-state index in [1.165, 1.54) is 38.9 Å². The van der Waals surface area contributed by atoms with Gasteiger partial charge < -0.3 is 24.4 Å². The molecular weight excluding hydrogens is 650 g/mol. The number of allylic oxidation sites excluding steroid dienone is 1. The number of hydrogen-bond donors (Lipinski definition) is 2. The minimum Gasteiger partial charge on any atom is -0.466 e. The molecule has 2 N–H and O–H groups in total. The van der Waals surface area contributed by atoms with Crippen molar-refractivity contribution in [2.75, 3.05) is 17.8 Å². The van der Waals surface area contributed by atoms with Gasteiger partial charge in [-0.3, -0.25) is 14.4 Å². The van der Waals surface area contributed by atoms with Crippen molar-refractivity contribution in [3.63, 3.8) is 0 Å². The van der Waals surface area contributed by atoms with E-state index in [9.17, 15) is 19.2 Å². The lowest BCUT2D eigenvalue weighted by Gasteiger charge is -2.36. The van der Waals surface area contributed by atoms with Crippen molar-refractivity contribution in [3.05, 3.63) is 76.4 Å². The summed E-state index contributed by atoms with van der Waals surface area (Å²) in [5.41, 5.74) is 0.992. The van der Waals surface area contributed by atoms with Gasteiger partial charge in [-0.2, -0.15) is 0 Å². The number of alkyl halides is 1. The number of hydrogen-bond acceptors (Lipinski definition) is 6. The molecule has 1 aliphatic rings. The molecule has 2 amide bonds. The Bertz CT molecular complexity index is 1610. The number of fused-ring (bicyclic) bond motifs is 1. The molecule has 3 aromatic rings. The number of benzene rings is 1. The summed E-state index contributed by atoms with van der Waals surface area (Å²) in [6, 6.07) is 9.66. The predicted octanol–water partition coefficient (Wildman–Crippen LogP) is 7.16. The highest BCUT2D eigenvalue weighted by atomic mass is 79.9. The van der Waals surface area contributed by atoms with Crippen molar-refractivity contribution in [1.29, 1.82) is 0 Å². The number of carbonyl (C=O) groups is 3. The van der Waals surface area contributed by atoms with Crippen LogP contribution in [0.15, 0.2) is 64.0 Å². The fourth-order valence-corrected chi connectivity index (χ4v) is 7.65. The van der Waals surface area contributed by atoms with E-state index in [0.29, 0.717) is 30.0 Å². The van der Waals surface area contributed by atoms with Crippen LogP contribution in [0.1, 0.15) is 81.3 Å². The van der Waals surface area contributed by atoms with Crippen LogP contribution in [-0.4, -0.2) is 40.8 Å². The summed E-state index contributed by atoms with van der Waals surface area (Å²) < 4.78 is 12.1. The Kier molecular flexibility index (Phi) is 12.4. The summed E-state index contributed by atoms with van der Waals surface area (Å²) in [4.78, 5) is 52.2. The standard InChI is InChI=1S/C36H46BrN3O6/c1-24-11-9-12-26(21-24)22-36(3,18-19-37)23-40-20-10-15-29(35(40)44)39-33(42)28(14-6-8-17-31(41)45-4)38-34(43)32-25(2)27-13-5-7-16-30(27)46-32/h5,7-8,10,13,15-17,20,24,26,28H,6,9,11-12,14,18-19,21-23H2,1-4H3,(H,38,43)(H,39,42)/b17-8+. The normalized spacial score (nSPS) is 18.6. The van der Waals surface area contributed by atoms with Crippen LogP contribution in [0, 0.1) is 24.2 Å². The zero-order valence-corrected chi connectivity index (χ0v) is 28.9. The number of furan rings is 1. The molecule has 0 aliphatic heterocycles. The zero-order chi connectivity index (χ0) is 33.3. The van der Waals surface area contributed by atoms with Gasteiger partial charge in [0.05, 0.1) is 7.11 Å². The van der Waals surface area contributed by atoms with Crippen molar-refractivity contribution < 1.29 is 23.5 Å². The third-order valence-electron chi connectivity index (χ3n) is 9.10. The molecule has 46 heavy (non-hydrogen) atoms. The Morgan fingerprint density at radius 3 is 2.70 bits per heavy atom. The summed E-state index contributed by atoms with van der Waals surface area (Å²) in [6.45, 7) is 6.90. The second-order valence-electron chi connectivity index (χ2n) is 13.0. The van der Waals surface area contributed by atoms with Gasteiger partial charge in [0.1, 0.15) is 17.3 Å². The van der Waals surface area contributed by atoms with Crippen LogP contribution in [0.5, 0.6) is 0 Å². The average molecular weight is 697 g/mol. The number of nitrogens with one attached hydrogen (secondary N) is 2. The summed E-state index contributed by atoms with van der Waals surface area (Å²) in [5.74, 6) is -0.114. The molecule has 0 bridgehead atoms. The van der Waals surface area contributed by atoms with Gasteiger partial charge in [0.2, 0.25) is 5.91 Å². The topological polar surface area (TPSA) is 120 Å². The first-order valence-electron chi connectivity index (χ1n) is 16.1. The van der Waals surface area contributed by atoms with Crippen LogP contribution in [0.3, 0.4) is 0 Å². The quantitative estimate of drug-likeness (QED) is 0.105. The van der Waals surface area contributed by atoms with Gasteiger partial charge >= 0.3 is 5.97 Å². The van der Waals surface area contributed by atoms with Gasteiger partial charge in [-0.25, -0.2) is 4.79 Å². The molecule has 4 rings (SSSR count). The number of nitrogens with zero attached hydrogens (tertiary/aromatic N) is 1. The van der Waals surface area contributed by atoms with E-state index in [4.69, 9.17) is 4.42 Å². The molecule has 10 heteroatoms. The molecule has 0 saturated heterocycles. The van der Waals surface area contributed by atoms with Gasteiger partial charge in [0.15, 0.2) is 5.76 Å². The van der Waals surface area contributed by atoms with Crippen LogP contribution in [0.25, 0.3) is 11.0 Å². The van der Waals surface area contributed by atoms with Crippen molar-refractivity contribution in [1.82, 2.24) is 9.88 Å². The number of ether oxygens (including phenoxy) is 1. The highest BCUT2D eigenvalue weighted by Gasteiger charge is 2.31. The summed E-state index contributed by atoms with van der Waals surface area (Å²) in [7, 11) is 1.28. The Morgan fingerprint density at radius 1 is 1.20 bits per heavy atom. The summed E-state index contributed by atoms with van der Waals surface area (Å²) in [5, 5.41) is 7.21. The number of amides is 2. The summed E-state index contributed by atoms with van der Waals surface area (Å²) >= 11 is 3.63. The molecule has 1 saturated carbocycles. The maximum Gasteiger partial charge on any atom is 0.330 e. The maximum atomic E-state index is 13.7. The second kappa shape index (κ2) is 16.3. The van der Waals surface area contributed by atoms with E-state index in [0.717, 1.165) is 29.5 Å². The van der Waals surface area contributed by atoms with Crippen LogP contribution < -0.4 is 16.2 Å². The number of aromatic nitrogens is 1. The van der Waals surface area contributed by atoms with E-state index >= 15 is 0 Å². The average Bonchev–Trinajstić information content (AvgIpc) is 3.36. The molecule has 9 nitrogen and oxygen atoms in total. The third kappa shape index (κ3) is 9.21. The monoisotopic (exact) mass is 695 g/mol. The predicted molar refractivity (Wildman–Crippen MR) is 184 cm³/mol. The molecule has 248 valence electrons. The number of aryl methyl sites for hydroxylation is 1. The van der Waals surface area contributed by atoms with E-state index < -0.39 is 23.8 Å². The van der Waals surface area contributed by atoms with Crippen LogP contribution in [0.2, 0.25) is 0 Å². The van der Waals surface area contributed by atoms with Gasteiger partial charge in [-0.15, -0.1) is 0 Å². The van der Waals surface area contributed by atoms with E-state index in [2.05, 4.69) is 45.1 Å². The van der Waals surface area contributed by atoms with E-state index in [1.54, 1.807) is 42.0 Å². The van der Waals surface area contributed by atoms with Gasteiger partial charge in [-0.05, 0) is 74.5 Å². The fourth-order valence-electron chi connectivity index (χ4n) is 6.70. The molecular formula is C36H46BrN3O6. The lowest BCUT2D eigenvalue weighted by Crippen LogP contribution is -2.44. The van der Waals surface area contributed by atoms with Gasteiger partial charge in [0.25, 0.3) is 11.5 Å². The highest BCUT2D eigenvalue weighted by Crippen LogP contribution is 2.40. The van der Waals surface area contributed by atoms with Crippen molar-refractivity contribution in [2.45, 2.75) is 84.7 Å². The zero-order valence-electron chi connectivity index (χ0n) is 27.3. The lowest BCUT2D eigenvalue weighted by atomic mass is 9.72. The summed E-state index contributed by atoms with van der Waals surface area (Å²) in [6.07, 6.45) is 12.1. The fraction of sp³-hybridized carbons (Fsp3) is 0.500. The third-order valence-corrected chi connectivity index (χ3v) is 9.50. The van der Waals surface area contributed by atoms with Crippen molar-refractivity contribution in [2.24, 2.45) is 17.3 Å². The SMILES string of the molecule is COC(=O)/C=C/CCC(NC(=O)c1oc2ccccc2c1C)C(=O)Nc1cccn(CC(C)(CCBr)CC2CCCC(C)C2)c1=O. The minimum atomic E-state index is -1.01. The number of methoxy groups -OCH3 is 1. The maximum absolute atomic E-state index is 13.7. The Morgan fingerprint density at radius 2 is 1.98 bits per heavy atom. The molecule has 4 atom stereocenters. The molecule has 2 heterocycles. The number of rotatable bonds is 14. The van der Waals surface area contributed by atoms with Gasteiger partial charge in [-0.1, -0.05) is 73.3 Å². The molecule has 1 aromatic carbocycles. The Hall–Kier alpha value is -3.66. The van der Waals surface area contributed by atoms with E-state index in [1.807, 2.05) is 18.2 Å². The van der Waals surface area contributed by atoms with E-state index in [-0.39, 0.29) is 28.8 Å². The first-order chi connectivity index (χ1) is 22.0. The first-order valence-corrected chi connectivity index (χ1v) is 17.3. The minimum absolute atomic E-state index is 0.0926. The number of anilines is 1. The first kappa shape index (κ1) is 35.2. The Balaban J connectivity index is 1.52. The number of pyridine rings is 1. The smallest absolute Gasteiger partial charge is 0.330 e. The molecule has 0 radical (unpaired) electrons. The number of carbonyl (C=O) groups excluding carboxylic acids is 3. The lowest BCUT2D eigenvalue weighted by molar-refractivity contribution is -0.134. The molecule has 0 spiro atoms. The van der Waals surface area contributed by atoms with Crippen LogP contribution >= 0.6 is 15.9 Å². The molecule has 4 unspecified atom stereocenters. The number of halogens is 1. The van der Waals surface area contributed by atoms with Gasteiger partial charge in [0, 0.05) is 35.1 Å². The molecule has 1 fully saturated rings. The Labute approximate surface area is 279 Å². The van der Waals surface area contributed by atoms with Crippen LogP contribution in [-0.2, 0) is 20.9 Å².